The van der Waals surface area contributed by atoms with Gasteiger partial charge in [0.15, 0.2) is 0 Å². The number of hydrogen-bond acceptors (Lipinski definition) is 5. The number of aryl methyl sites for hydroxylation is 1. The molecule has 4 heterocycles. The highest BCUT2D eigenvalue weighted by molar-refractivity contribution is 5.97. The number of carbonyl (C=O) groups is 1. The van der Waals surface area contributed by atoms with Gasteiger partial charge < -0.3 is 18.9 Å². The maximum atomic E-state index is 13.5. The molecule has 1 aromatic carbocycles. The molecule has 7 heteroatoms. The van der Waals surface area contributed by atoms with Crippen LogP contribution in [0.3, 0.4) is 0 Å². The zero-order valence-electron chi connectivity index (χ0n) is 18.7. The summed E-state index contributed by atoms with van der Waals surface area (Å²) in [5.74, 6) is 0.369. The lowest BCUT2D eigenvalue weighted by atomic mass is 10.1. The molecule has 0 radical (unpaired) electrons. The average Bonchev–Trinajstić information content (AvgIpc) is 3.35. The Kier molecular flexibility index (Phi) is 4.94. The van der Waals surface area contributed by atoms with E-state index in [9.17, 15) is 9.59 Å². The second-order valence-corrected chi connectivity index (χ2v) is 9.25. The molecule has 6 rings (SSSR count). The summed E-state index contributed by atoms with van der Waals surface area (Å²) in [5, 5.41) is 0.427. The summed E-state index contributed by atoms with van der Waals surface area (Å²) in [4.78, 5) is 33.4. The van der Waals surface area contributed by atoms with Crippen molar-refractivity contribution in [1.82, 2.24) is 14.5 Å². The van der Waals surface area contributed by atoms with Gasteiger partial charge in [-0.25, -0.2) is 4.98 Å². The van der Waals surface area contributed by atoms with Crippen molar-refractivity contribution < 1.29 is 14.3 Å². The first-order chi connectivity index (χ1) is 16.1. The van der Waals surface area contributed by atoms with E-state index in [1.54, 1.807) is 18.5 Å². The summed E-state index contributed by atoms with van der Waals surface area (Å²) < 4.78 is 13.7. The highest BCUT2D eigenvalue weighted by Gasteiger charge is 2.41. The van der Waals surface area contributed by atoms with E-state index >= 15 is 0 Å². The van der Waals surface area contributed by atoms with Gasteiger partial charge in [0.2, 0.25) is 5.43 Å². The third kappa shape index (κ3) is 3.42. The molecule has 2 saturated heterocycles. The van der Waals surface area contributed by atoms with Crippen molar-refractivity contribution in [2.45, 2.75) is 57.3 Å². The highest BCUT2D eigenvalue weighted by atomic mass is 16.5. The van der Waals surface area contributed by atoms with Gasteiger partial charge in [0.25, 0.3) is 5.91 Å². The second-order valence-electron chi connectivity index (χ2n) is 9.25. The molecule has 2 atom stereocenters. The van der Waals surface area contributed by atoms with Crippen molar-refractivity contribution in [3.8, 4) is 5.75 Å². The minimum absolute atomic E-state index is 0.0174. The molecule has 2 fully saturated rings. The smallest absolute Gasteiger partial charge is 0.260 e. The summed E-state index contributed by atoms with van der Waals surface area (Å²) in [7, 11) is 0. The zero-order valence-corrected chi connectivity index (χ0v) is 18.7. The third-order valence-corrected chi connectivity index (χ3v) is 7.25. The molecule has 1 amide bonds. The minimum atomic E-state index is -0.279. The van der Waals surface area contributed by atoms with E-state index in [4.69, 9.17) is 9.47 Å². The maximum Gasteiger partial charge on any atom is 0.260 e. The van der Waals surface area contributed by atoms with E-state index in [2.05, 4.69) is 17.1 Å². The molecule has 0 spiro atoms. The Morgan fingerprint density at radius 1 is 1.15 bits per heavy atom. The summed E-state index contributed by atoms with van der Waals surface area (Å²) in [6.07, 6.45) is 6.90. The first-order valence-corrected chi connectivity index (χ1v) is 11.8. The van der Waals surface area contributed by atoms with Gasteiger partial charge in [-0.05, 0) is 37.0 Å². The van der Waals surface area contributed by atoms with Crippen LogP contribution in [0, 0.1) is 0 Å². The lowest BCUT2D eigenvalue weighted by Crippen LogP contribution is -2.50. The van der Waals surface area contributed by atoms with E-state index in [0.717, 1.165) is 25.7 Å². The topological polar surface area (TPSA) is 73.7 Å². The summed E-state index contributed by atoms with van der Waals surface area (Å²) in [6.45, 7) is 3.68. The van der Waals surface area contributed by atoms with Crippen LogP contribution in [-0.2, 0) is 24.1 Å². The Bertz CT molecular complexity index is 1260. The largest absolute Gasteiger partial charge is 0.488 e. The van der Waals surface area contributed by atoms with E-state index in [1.165, 1.54) is 11.1 Å². The van der Waals surface area contributed by atoms with Crippen molar-refractivity contribution in [1.29, 1.82) is 0 Å². The number of morpholine rings is 1. The van der Waals surface area contributed by atoms with Crippen LogP contribution in [-0.4, -0.2) is 51.8 Å². The van der Waals surface area contributed by atoms with Crippen LogP contribution in [0.15, 0.2) is 47.5 Å². The maximum absolute atomic E-state index is 13.5. The van der Waals surface area contributed by atoms with Crippen molar-refractivity contribution in [3.63, 3.8) is 0 Å². The number of pyridine rings is 2. The Morgan fingerprint density at radius 2 is 1.85 bits per heavy atom. The first-order valence-electron chi connectivity index (χ1n) is 11.8. The average molecular weight is 446 g/mol. The van der Waals surface area contributed by atoms with Gasteiger partial charge in [-0.1, -0.05) is 24.3 Å². The molecule has 7 nitrogen and oxygen atoms in total. The van der Waals surface area contributed by atoms with E-state index in [1.807, 2.05) is 28.5 Å². The van der Waals surface area contributed by atoms with Gasteiger partial charge in [-0.3, -0.25) is 9.59 Å². The molecule has 2 aromatic heterocycles. The van der Waals surface area contributed by atoms with Crippen LogP contribution in [0.4, 0.5) is 0 Å². The van der Waals surface area contributed by atoms with Crippen LogP contribution in [0.1, 0.15) is 41.3 Å². The number of rotatable bonds is 4. The Morgan fingerprint density at radius 3 is 2.52 bits per heavy atom. The Labute approximate surface area is 191 Å². The number of benzene rings is 1. The van der Waals surface area contributed by atoms with Gasteiger partial charge >= 0.3 is 0 Å². The number of carbonyl (C=O) groups excluding carboxylic acids is 1. The molecule has 3 aromatic rings. The molecule has 0 saturated carbocycles. The number of hydrogen-bond donors (Lipinski definition) is 0. The van der Waals surface area contributed by atoms with Crippen molar-refractivity contribution in [3.05, 3.63) is 69.6 Å². The molecule has 170 valence electrons. The summed E-state index contributed by atoms with van der Waals surface area (Å²) in [6, 6.07) is 10.2. The van der Waals surface area contributed by atoms with Crippen LogP contribution in [0.2, 0.25) is 0 Å². The van der Waals surface area contributed by atoms with Gasteiger partial charge in [0.1, 0.15) is 23.1 Å². The molecule has 1 aliphatic carbocycles. The minimum Gasteiger partial charge on any atom is -0.488 e. The normalized spacial score (nSPS) is 22.0. The van der Waals surface area contributed by atoms with Crippen LogP contribution >= 0.6 is 0 Å². The summed E-state index contributed by atoms with van der Waals surface area (Å²) >= 11 is 0. The molecule has 33 heavy (non-hydrogen) atoms. The van der Waals surface area contributed by atoms with E-state index < -0.39 is 0 Å². The molecule has 2 aliphatic heterocycles. The first kappa shape index (κ1) is 20.4. The highest BCUT2D eigenvalue weighted by Crippen LogP contribution is 2.31. The number of nitrogens with zero attached hydrogens (tertiary/aromatic N) is 3. The van der Waals surface area contributed by atoms with Gasteiger partial charge in [0.05, 0.1) is 36.9 Å². The lowest BCUT2D eigenvalue weighted by molar-refractivity contribution is -0.00725. The molecule has 2 bridgehead atoms. The van der Waals surface area contributed by atoms with E-state index in [-0.39, 0.29) is 35.1 Å². The predicted molar refractivity (Wildman–Crippen MR) is 124 cm³/mol. The molecule has 3 aliphatic rings. The van der Waals surface area contributed by atoms with Gasteiger partial charge in [0, 0.05) is 25.6 Å². The molecule has 0 N–H and O–H groups in total. The van der Waals surface area contributed by atoms with Crippen LogP contribution < -0.4 is 10.2 Å². The lowest BCUT2D eigenvalue weighted by Gasteiger charge is -2.34. The molecular formula is C26H27N3O4. The van der Waals surface area contributed by atoms with Gasteiger partial charge in [-0.2, -0.15) is 0 Å². The number of aromatic nitrogens is 2. The fourth-order valence-corrected chi connectivity index (χ4v) is 5.61. The Balaban J connectivity index is 1.35. The molecular weight excluding hydrogens is 418 g/mol. The number of ether oxygens (including phenoxy) is 2. The van der Waals surface area contributed by atoms with Crippen molar-refractivity contribution in [2.75, 3.05) is 13.2 Å². The Hall–Kier alpha value is -3.19. The van der Waals surface area contributed by atoms with Crippen molar-refractivity contribution in [2.24, 2.45) is 0 Å². The number of fused-ring (bicyclic) bond motifs is 4. The SMILES string of the molecule is CCn1cc(C(=O)N2C3CCC2COC3)c(=O)c2cc(OC3Cc4ccccc4C3)cnc21. The fraction of sp³-hybridized carbons (Fsp3) is 0.423. The monoisotopic (exact) mass is 445 g/mol. The predicted octanol–water partition coefficient (Wildman–Crippen LogP) is 2.97. The zero-order chi connectivity index (χ0) is 22.5. The fourth-order valence-electron chi connectivity index (χ4n) is 5.61. The molecule has 2 unspecified atom stereocenters. The van der Waals surface area contributed by atoms with Crippen LogP contribution in [0.25, 0.3) is 11.0 Å². The van der Waals surface area contributed by atoms with Gasteiger partial charge in [-0.15, -0.1) is 0 Å². The third-order valence-electron chi connectivity index (χ3n) is 7.25. The second kappa shape index (κ2) is 7.99. The van der Waals surface area contributed by atoms with Crippen molar-refractivity contribution >= 4 is 16.9 Å². The van der Waals surface area contributed by atoms with Crippen LogP contribution in [0.5, 0.6) is 5.75 Å². The van der Waals surface area contributed by atoms with E-state index in [0.29, 0.717) is 36.5 Å². The quantitative estimate of drug-likeness (QED) is 0.617. The summed E-state index contributed by atoms with van der Waals surface area (Å²) in [5.41, 5.74) is 3.11. The number of amides is 1. The standard InChI is InChI=1S/C26H27N3O4/c1-2-28-13-23(26(31)29-18-7-8-19(29)15-32-14-18)24(30)22-11-21(12-27-25(22)28)33-20-9-16-5-3-4-6-17(16)10-20/h3-6,11-13,18-20H,2,7-10,14-15H2,1H3.